The van der Waals surface area contributed by atoms with Crippen LogP contribution in [0.4, 0.5) is 0 Å². The number of carbonyl (C=O) groups excluding carboxylic acids is 1. The van der Waals surface area contributed by atoms with Crippen LogP contribution in [0.1, 0.15) is 41.6 Å². The second kappa shape index (κ2) is 6.58. The molecule has 4 heteroatoms. The summed E-state index contributed by atoms with van der Waals surface area (Å²) in [6.45, 7) is 0.806. The number of benzene rings is 1. The van der Waals surface area contributed by atoms with Gasteiger partial charge in [-0.25, -0.2) is 0 Å². The molecule has 1 heterocycles. The van der Waals surface area contributed by atoms with Crippen LogP contribution in [0, 0.1) is 11.3 Å². The Labute approximate surface area is 118 Å². The molecule has 1 amide bonds. The number of amides is 1. The maximum Gasteiger partial charge on any atom is 0.254 e. The standard InChI is InChI=1S/C15H17ClN2O/c16-9-8-14-3-1-2-10-18(14)15(19)13-6-4-12(11-17)5-7-13/h4-7,14H,1-3,8-10H2. The molecule has 0 N–H and O–H groups in total. The van der Waals surface area contributed by atoms with E-state index >= 15 is 0 Å². The highest BCUT2D eigenvalue weighted by Gasteiger charge is 2.26. The summed E-state index contributed by atoms with van der Waals surface area (Å²) >= 11 is 5.82. The minimum atomic E-state index is 0.0549. The van der Waals surface area contributed by atoms with E-state index in [9.17, 15) is 4.79 Å². The van der Waals surface area contributed by atoms with Crippen LogP contribution in [0.2, 0.25) is 0 Å². The Kier molecular flexibility index (Phi) is 4.81. The molecular formula is C15H17ClN2O. The van der Waals surface area contributed by atoms with Crippen LogP contribution in [0.3, 0.4) is 0 Å². The Hall–Kier alpha value is -1.53. The lowest BCUT2D eigenvalue weighted by molar-refractivity contribution is 0.0609. The van der Waals surface area contributed by atoms with E-state index in [1.807, 2.05) is 4.90 Å². The summed E-state index contributed by atoms with van der Waals surface area (Å²) in [6.07, 6.45) is 4.11. The van der Waals surface area contributed by atoms with Crippen molar-refractivity contribution in [3.63, 3.8) is 0 Å². The molecule has 19 heavy (non-hydrogen) atoms. The number of nitrogens with zero attached hydrogens (tertiary/aromatic N) is 2. The Morgan fingerprint density at radius 3 is 2.74 bits per heavy atom. The number of carbonyl (C=O) groups is 1. The predicted octanol–water partition coefficient (Wildman–Crippen LogP) is 3.18. The largest absolute Gasteiger partial charge is 0.336 e. The molecule has 0 aliphatic carbocycles. The summed E-state index contributed by atoms with van der Waals surface area (Å²) in [5.41, 5.74) is 1.23. The fourth-order valence-corrected chi connectivity index (χ4v) is 2.80. The third-order valence-electron chi connectivity index (χ3n) is 3.59. The van der Waals surface area contributed by atoms with Crippen LogP contribution >= 0.6 is 11.6 Å². The summed E-state index contributed by atoms with van der Waals surface area (Å²) in [7, 11) is 0. The Balaban J connectivity index is 2.14. The zero-order chi connectivity index (χ0) is 13.7. The molecule has 3 nitrogen and oxygen atoms in total. The van der Waals surface area contributed by atoms with E-state index in [4.69, 9.17) is 16.9 Å². The van der Waals surface area contributed by atoms with Crippen LogP contribution in [0.25, 0.3) is 0 Å². The molecule has 0 saturated carbocycles. The second-order valence-electron chi connectivity index (χ2n) is 4.81. The van der Waals surface area contributed by atoms with Crippen LogP contribution in [-0.4, -0.2) is 29.3 Å². The van der Waals surface area contributed by atoms with Crippen molar-refractivity contribution in [2.24, 2.45) is 0 Å². The van der Waals surface area contributed by atoms with E-state index < -0.39 is 0 Å². The molecule has 100 valence electrons. The second-order valence-corrected chi connectivity index (χ2v) is 5.19. The summed E-state index contributed by atoms with van der Waals surface area (Å²) in [4.78, 5) is 14.4. The van der Waals surface area contributed by atoms with Gasteiger partial charge in [-0.1, -0.05) is 0 Å². The van der Waals surface area contributed by atoms with Crippen molar-refractivity contribution in [1.29, 1.82) is 5.26 Å². The highest BCUT2D eigenvalue weighted by molar-refractivity contribution is 6.17. The van der Waals surface area contributed by atoms with Crippen molar-refractivity contribution in [2.45, 2.75) is 31.7 Å². The first-order chi connectivity index (χ1) is 9.26. The first-order valence-electron chi connectivity index (χ1n) is 6.63. The molecule has 1 unspecified atom stereocenters. The van der Waals surface area contributed by atoms with Crippen molar-refractivity contribution in [2.75, 3.05) is 12.4 Å². The van der Waals surface area contributed by atoms with Gasteiger partial charge >= 0.3 is 0 Å². The van der Waals surface area contributed by atoms with Gasteiger partial charge in [0.05, 0.1) is 11.6 Å². The van der Waals surface area contributed by atoms with E-state index in [2.05, 4.69) is 6.07 Å². The van der Waals surface area contributed by atoms with Crippen molar-refractivity contribution < 1.29 is 4.79 Å². The molecule has 1 fully saturated rings. The van der Waals surface area contributed by atoms with Crippen LogP contribution < -0.4 is 0 Å². The fraction of sp³-hybridized carbons (Fsp3) is 0.467. The molecule has 1 atom stereocenters. The van der Waals surface area contributed by atoms with Crippen LogP contribution in [0.15, 0.2) is 24.3 Å². The minimum absolute atomic E-state index is 0.0549. The first kappa shape index (κ1) is 13.9. The highest BCUT2D eigenvalue weighted by atomic mass is 35.5. The summed E-state index contributed by atoms with van der Waals surface area (Å²) in [6, 6.07) is 9.15. The predicted molar refractivity (Wildman–Crippen MR) is 75.2 cm³/mol. The average molecular weight is 277 g/mol. The number of rotatable bonds is 3. The molecule has 1 saturated heterocycles. The number of halogens is 1. The zero-order valence-corrected chi connectivity index (χ0v) is 11.6. The van der Waals surface area contributed by atoms with E-state index in [-0.39, 0.29) is 11.9 Å². The number of nitriles is 1. The number of hydrogen-bond donors (Lipinski definition) is 0. The molecule has 0 bridgehead atoms. The Morgan fingerprint density at radius 2 is 2.11 bits per heavy atom. The summed E-state index contributed by atoms with van der Waals surface area (Å²) < 4.78 is 0. The third-order valence-corrected chi connectivity index (χ3v) is 3.81. The van der Waals surface area contributed by atoms with Gasteiger partial charge in [-0.2, -0.15) is 5.26 Å². The zero-order valence-electron chi connectivity index (χ0n) is 10.8. The van der Waals surface area contributed by atoms with Crippen molar-refractivity contribution in [3.8, 4) is 6.07 Å². The molecule has 1 aromatic rings. The molecule has 0 aromatic heterocycles. The van der Waals surface area contributed by atoms with Crippen LogP contribution in [0.5, 0.6) is 0 Å². The van der Waals surface area contributed by atoms with E-state index in [0.717, 1.165) is 25.8 Å². The van der Waals surface area contributed by atoms with Gasteiger partial charge in [-0.3, -0.25) is 4.79 Å². The third kappa shape index (κ3) is 3.27. The minimum Gasteiger partial charge on any atom is -0.336 e. The molecule has 0 spiro atoms. The lowest BCUT2D eigenvalue weighted by atomic mass is 9.98. The lowest BCUT2D eigenvalue weighted by Crippen LogP contribution is -2.43. The van der Waals surface area contributed by atoms with Gasteiger partial charge in [0.2, 0.25) is 0 Å². The van der Waals surface area contributed by atoms with Gasteiger partial charge < -0.3 is 4.90 Å². The van der Waals surface area contributed by atoms with E-state index in [1.54, 1.807) is 24.3 Å². The fourth-order valence-electron chi connectivity index (χ4n) is 2.55. The molecule has 2 rings (SSSR count). The normalized spacial score (nSPS) is 18.9. The van der Waals surface area contributed by atoms with Gasteiger partial charge in [-0.15, -0.1) is 11.6 Å². The molecule has 1 aliphatic rings. The molecule has 0 radical (unpaired) electrons. The number of piperidine rings is 1. The maximum atomic E-state index is 12.5. The Bertz CT molecular complexity index is 476. The Morgan fingerprint density at radius 1 is 1.37 bits per heavy atom. The average Bonchev–Trinajstić information content (AvgIpc) is 2.47. The number of alkyl halides is 1. The van der Waals surface area contributed by atoms with Crippen molar-refractivity contribution in [3.05, 3.63) is 35.4 Å². The van der Waals surface area contributed by atoms with Gasteiger partial charge in [0.1, 0.15) is 0 Å². The monoisotopic (exact) mass is 276 g/mol. The van der Waals surface area contributed by atoms with Gasteiger partial charge in [0.15, 0.2) is 0 Å². The number of likely N-dealkylation sites (tertiary alicyclic amines) is 1. The first-order valence-corrected chi connectivity index (χ1v) is 7.17. The summed E-state index contributed by atoms with van der Waals surface area (Å²) in [5.74, 6) is 0.640. The van der Waals surface area contributed by atoms with E-state index in [1.165, 1.54) is 6.42 Å². The number of hydrogen-bond acceptors (Lipinski definition) is 2. The van der Waals surface area contributed by atoms with Gasteiger partial charge in [0.25, 0.3) is 5.91 Å². The SMILES string of the molecule is N#Cc1ccc(C(=O)N2CCCCC2CCCl)cc1. The highest BCUT2D eigenvalue weighted by Crippen LogP contribution is 2.22. The quantitative estimate of drug-likeness (QED) is 0.796. The maximum absolute atomic E-state index is 12.5. The molecule has 1 aliphatic heterocycles. The van der Waals surface area contributed by atoms with Crippen molar-refractivity contribution >= 4 is 17.5 Å². The van der Waals surface area contributed by atoms with E-state index in [0.29, 0.717) is 17.0 Å². The van der Waals surface area contributed by atoms with Crippen molar-refractivity contribution in [1.82, 2.24) is 4.90 Å². The molecular weight excluding hydrogens is 260 g/mol. The lowest BCUT2D eigenvalue weighted by Gasteiger charge is -2.35. The van der Waals surface area contributed by atoms with Crippen LogP contribution in [-0.2, 0) is 0 Å². The molecule has 1 aromatic carbocycles. The van der Waals surface area contributed by atoms with Gasteiger partial charge in [-0.05, 0) is 49.9 Å². The summed E-state index contributed by atoms with van der Waals surface area (Å²) in [5, 5.41) is 8.77. The van der Waals surface area contributed by atoms with Gasteiger partial charge in [0, 0.05) is 24.0 Å². The topological polar surface area (TPSA) is 44.1 Å². The smallest absolute Gasteiger partial charge is 0.254 e.